The molecule has 0 fully saturated rings. The average molecular weight is 331 g/mol. The summed E-state index contributed by atoms with van der Waals surface area (Å²) in [6, 6.07) is 7.59. The second-order valence-electron chi connectivity index (χ2n) is 4.65. The van der Waals surface area contributed by atoms with Crippen LogP contribution in [0.25, 0.3) is 0 Å². The van der Waals surface area contributed by atoms with Crippen LogP contribution in [0.15, 0.2) is 47.4 Å². The van der Waals surface area contributed by atoms with Crippen molar-refractivity contribution in [3.05, 3.63) is 53.6 Å². The van der Waals surface area contributed by atoms with Crippen molar-refractivity contribution in [2.75, 3.05) is 4.72 Å². The maximum atomic E-state index is 12.4. The minimum absolute atomic E-state index is 0.0334. The van der Waals surface area contributed by atoms with Crippen LogP contribution in [0.5, 0.6) is 5.75 Å². The summed E-state index contributed by atoms with van der Waals surface area (Å²) in [5, 5.41) is 9.63. The minimum Gasteiger partial charge on any atom is -0.507 e. The summed E-state index contributed by atoms with van der Waals surface area (Å²) in [6.07, 6.45) is -4.49. The zero-order chi connectivity index (χ0) is 16.5. The molecule has 118 valence electrons. The number of phenolic OH excluding ortho intramolecular Hbond substituents is 1. The smallest absolute Gasteiger partial charge is 0.416 e. The third-order valence-electron chi connectivity index (χ3n) is 2.87. The number of hydrogen-bond acceptors (Lipinski definition) is 3. The fourth-order valence-corrected chi connectivity index (χ4v) is 3.01. The predicted octanol–water partition coefficient (Wildman–Crippen LogP) is 3.52. The Morgan fingerprint density at radius 1 is 1.05 bits per heavy atom. The topological polar surface area (TPSA) is 66.4 Å². The number of sulfonamides is 1. The molecule has 0 saturated heterocycles. The van der Waals surface area contributed by atoms with Crippen molar-refractivity contribution in [2.45, 2.75) is 18.0 Å². The quantitative estimate of drug-likeness (QED) is 0.904. The summed E-state index contributed by atoms with van der Waals surface area (Å²) in [4.78, 5) is -0.340. The Balaban J connectivity index is 2.31. The lowest BCUT2D eigenvalue weighted by atomic mass is 10.2. The first-order chi connectivity index (χ1) is 10.1. The van der Waals surface area contributed by atoms with Crippen molar-refractivity contribution >= 4 is 15.7 Å². The number of phenols is 1. The first kappa shape index (κ1) is 16.2. The van der Waals surface area contributed by atoms with Gasteiger partial charge >= 0.3 is 6.18 Å². The molecule has 2 rings (SSSR count). The highest BCUT2D eigenvalue weighted by molar-refractivity contribution is 7.92. The predicted molar refractivity (Wildman–Crippen MR) is 75.1 cm³/mol. The normalized spacial score (nSPS) is 12.2. The lowest BCUT2D eigenvalue weighted by Gasteiger charge is -2.11. The van der Waals surface area contributed by atoms with Gasteiger partial charge in [0, 0.05) is 5.69 Å². The van der Waals surface area contributed by atoms with Crippen LogP contribution in [0.4, 0.5) is 18.9 Å². The Morgan fingerprint density at radius 3 is 2.18 bits per heavy atom. The molecule has 2 aromatic rings. The number of rotatable bonds is 3. The van der Waals surface area contributed by atoms with E-state index in [1.54, 1.807) is 6.92 Å². The van der Waals surface area contributed by atoms with Gasteiger partial charge in [0.1, 0.15) is 10.6 Å². The van der Waals surface area contributed by atoms with Crippen molar-refractivity contribution in [1.82, 2.24) is 0 Å². The third-order valence-corrected chi connectivity index (χ3v) is 4.28. The van der Waals surface area contributed by atoms with Crippen molar-refractivity contribution < 1.29 is 26.7 Å². The number of hydrogen-bond donors (Lipinski definition) is 2. The van der Waals surface area contributed by atoms with Gasteiger partial charge in [-0.05, 0) is 48.9 Å². The van der Waals surface area contributed by atoms with Crippen molar-refractivity contribution in [3.8, 4) is 5.75 Å². The Kier molecular flexibility index (Phi) is 4.06. The molecule has 0 radical (unpaired) electrons. The second kappa shape index (κ2) is 5.53. The van der Waals surface area contributed by atoms with Gasteiger partial charge in [0.05, 0.1) is 5.56 Å². The molecular formula is C14H12F3NO3S. The van der Waals surface area contributed by atoms with Crippen molar-refractivity contribution in [2.24, 2.45) is 0 Å². The first-order valence-electron chi connectivity index (χ1n) is 6.09. The van der Waals surface area contributed by atoms with E-state index in [1.807, 2.05) is 0 Å². The Bertz CT molecular complexity index is 784. The molecule has 0 atom stereocenters. The Hall–Kier alpha value is -2.22. The van der Waals surface area contributed by atoms with Crippen LogP contribution in [0.1, 0.15) is 11.1 Å². The number of alkyl halides is 3. The first-order valence-corrected chi connectivity index (χ1v) is 7.57. The lowest BCUT2D eigenvalue weighted by molar-refractivity contribution is -0.137. The zero-order valence-electron chi connectivity index (χ0n) is 11.3. The summed E-state index contributed by atoms with van der Waals surface area (Å²) >= 11 is 0. The summed E-state index contributed by atoms with van der Waals surface area (Å²) in [5.41, 5.74) is -0.298. The molecule has 0 aliphatic rings. The molecule has 0 unspecified atom stereocenters. The lowest BCUT2D eigenvalue weighted by Crippen LogP contribution is -2.13. The van der Waals surface area contributed by atoms with E-state index in [9.17, 15) is 26.7 Å². The van der Waals surface area contributed by atoms with E-state index in [-0.39, 0.29) is 10.6 Å². The summed E-state index contributed by atoms with van der Waals surface area (Å²) in [7, 11) is -4.10. The molecule has 0 heterocycles. The molecule has 4 nitrogen and oxygen atoms in total. The van der Waals surface area contributed by atoms with Crippen LogP contribution in [-0.4, -0.2) is 13.5 Å². The van der Waals surface area contributed by atoms with E-state index in [1.165, 1.54) is 18.2 Å². The van der Waals surface area contributed by atoms with E-state index in [2.05, 4.69) is 4.72 Å². The maximum absolute atomic E-state index is 12.4. The van der Waals surface area contributed by atoms with E-state index >= 15 is 0 Å². The molecule has 0 saturated carbocycles. The monoisotopic (exact) mass is 331 g/mol. The van der Waals surface area contributed by atoms with Gasteiger partial charge in [0.15, 0.2) is 0 Å². The molecule has 0 spiro atoms. The number of nitrogens with one attached hydrogen (secondary N) is 1. The van der Waals surface area contributed by atoms with Crippen molar-refractivity contribution in [1.29, 1.82) is 0 Å². The molecule has 2 aromatic carbocycles. The third kappa shape index (κ3) is 3.51. The van der Waals surface area contributed by atoms with Gasteiger partial charge in [-0.15, -0.1) is 0 Å². The van der Waals surface area contributed by atoms with Gasteiger partial charge in [-0.3, -0.25) is 4.72 Å². The SMILES string of the molecule is Cc1ccc(O)c(S(=O)(=O)Nc2ccc(C(F)(F)F)cc2)c1. The van der Waals surface area contributed by atoms with Crippen LogP contribution >= 0.6 is 0 Å². The highest BCUT2D eigenvalue weighted by Gasteiger charge is 2.30. The molecular weight excluding hydrogens is 319 g/mol. The average Bonchev–Trinajstić information content (AvgIpc) is 2.40. The molecule has 2 N–H and O–H groups in total. The summed E-state index contributed by atoms with van der Waals surface area (Å²) in [6.45, 7) is 1.65. The second-order valence-corrected chi connectivity index (χ2v) is 6.30. The maximum Gasteiger partial charge on any atom is 0.416 e. The molecule has 8 heteroatoms. The Morgan fingerprint density at radius 2 is 1.64 bits per heavy atom. The van der Waals surface area contributed by atoms with Crippen molar-refractivity contribution in [3.63, 3.8) is 0 Å². The fourth-order valence-electron chi connectivity index (χ4n) is 1.77. The van der Waals surface area contributed by atoms with Gasteiger partial charge in [0.2, 0.25) is 0 Å². The zero-order valence-corrected chi connectivity index (χ0v) is 12.2. The van der Waals surface area contributed by atoms with Gasteiger partial charge in [0.25, 0.3) is 10.0 Å². The van der Waals surface area contributed by atoms with Crippen LogP contribution in [0, 0.1) is 6.92 Å². The highest BCUT2D eigenvalue weighted by atomic mass is 32.2. The summed E-state index contributed by atoms with van der Waals surface area (Å²) in [5.74, 6) is -0.440. The minimum atomic E-state index is -4.49. The molecule has 0 bridgehead atoms. The van der Waals surface area contributed by atoms with Crippen LogP contribution in [-0.2, 0) is 16.2 Å². The summed E-state index contributed by atoms with van der Waals surface area (Å²) < 4.78 is 63.8. The molecule has 0 aliphatic heterocycles. The Labute approximate surface area is 125 Å². The van der Waals surface area contributed by atoms with E-state index in [0.29, 0.717) is 5.56 Å². The van der Waals surface area contributed by atoms with E-state index in [4.69, 9.17) is 0 Å². The number of benzene rings is 2. The largest absolute Gasteiger partial charge is 0.507 e. The highest BCUT2D eigenvalue weighted by Crippen LogP contribution is 2.31. The number of aromatic hydroxyl groups is 1. The van der Waals surface area contributed by atoms with Crippen LogP contribution < -0.4 is 4.72 Å². The standard InChI is InChI=1S/C14H12F3NO3S/c1-9-2-7-12(19)13(8-9)22(20,21)18-11-5-3-10(4-6-11)14(15,16)17/h2-8,18-19H,1H3. The number of halogens is 3. The van der Waals surface area contributed by atoms with Gasteiger partial charge in [-0.25, -0.2) is 8.42 Å². The van der Waals surface area contributed by atoms with E-state index in [0.717, 1.165) is 24.3 Å². The molecule has 22 heavy (non-hydrogen) atoms. The molecule has 0 amide bonds. The molecule has 0 aromatic heterocycles. The van der Waals surface area contributed by atoms with Crippen LogP contribution in [0.3, 0.4) is 0 Å². The van der Waals surface area contributed by atoms with E-state index < -0.39 is 27.5 Å². The molecule has 0 aliphatic carbocycles. The van der Waals surface area contributed by atoms with Crippen LogP contribution in [0.2, 0.25) is 0 Å². The van der Waals surface area contributed by atoms with Gasteiger partial charge in [-0.1, -0.05) is 6.07 Å². The number of aryl methyl sites for hydroxylation is 1. The van der Waals surface area contributed by atoms with Gasteiger partial charge < -0.3 is 5.11 Å². The number of anilines is 1. The van der Waals surface area contributed by atoms with Gasteiger partial charge in [-0.2, -0.15) is 13.2 Å². The fraction of sp³-hybridized carbons (Fsp3) is 0.143.